The number of hydrogen-bond acceptors (Lipinski definition) is 5. The number of nitrogens with zero attached hydrogens (tertiary/aromatic N) is 1. The largest absolute Gasteiger partial charge is 0.379 e. The standard InChI is InChI=1S/C22H28N2O2S2/c1-15(25)23-22-20(18-5-3-4-6-19(18)28-22)21(24-11-13-26-14-12-24)16-7-9-17(27-2)10-8-16/h7-10,21H,3-6,11-14H2,1-2H3,(H,23,25)/t21-/m1/s1. The molecule has 4 rings (SSSR count). The highest BCUT2D eigenvalue weighted by Crippen LogP contribution is 2.45. The van der Waals surface area contributed by atoms with Crippen molar-refractivity contribution in [2.24, 2.45) is 0 Å². The predicted octanol–water partition coefficient (Wildman–Crippen LogP) is 4.73. The van der Waals surface area contributed by atoms with Crippen LogP contribution in [0.1, 0.15) is 47.4 Å². The van der Waals surface area contributed by atoms with Crippen molar-refractivity contribution in [2.45, 2.75) is 43.5 Å². The first-order chi connectivity index (χ1) is 13.7. The van der Waals surface area contributed by atoms with Gasteiger partial charge < -0.3 is 10.1 Å². The number of ether oxygens (including phenoxy) is 1. The van der Waals surface area contributed by atoms with Gasteiger partial charge in [-0.3, -0.25) is 9.69 Å². The Balaban J connectivity index is 1.83. The number of carbonyl (C=O) groups excluding carboxylic acids is 1. The van der Waals surface area contributed by atoms with Crippen LogP contribution in [-0.2, 0) is 22.4 Å². The van der Waals surface area contributed by atoms with Gasteiger partial charge in [-0.25, -0.2) is 0 Å². The number of morpholine rings is 1. The van der Waals surface area contributed by atoms with E-state index >= 15 is 0 Å². The van der Waals surface area contributed by atoms with Gasteiger partial charge in [0.05, 0.1) is 19.3 Å². The van der Waals surface area contributed by atoms with Crippen LogP contribution in [0.4, 0.5) is 5.00 Å². The molecule has 1 aliphatic carbocycles. The SMILES string of the molecule is CSc1ccc([C@H](c2c(NC(C)=O)sc3c2CCCC3)N2CCOCC2)cc1. The van der Waals surface area contributed by atoms with E-state index in [0.717, 1.165) is 44.1 Å². The molecule has 1 amide bonds. The zero-order valence-electron chi connectivity index (χ0n) is 16.6. The fourth-order valence-electron chi connectivity index (χ4n) is 4.31. The van der Waals surface area contributed by atoms with Gasteiger partial charge >= 0.3 is 0 Å². The molecule has 1 N–H and O–H groups in total. The second kappa shape index (κ2) is 8.99. The van der Waals surface area contributed by atoms with Gasteiger partial charge in [0.15, 0.2) is 0 Å². The van der Waals surface area contributed by atoms with Crippen LogP contribution in [0.5, 0.6) is 0 Å². The van der Waals surface area contributed by atoms with Crippen molar-refractivity contribution >= 4 is 34.0 Å². The van der Waals surface area contributed by atoms with Crippen LogP contribution in [0.3, 0.4) is 0 Å². The molecule has 1 aromatic heterocycles. The molecule has 1 saturated heterocycles. The molecule has 1 aromatic carbocycles. The third kappa shape index (κ3) is 4.15. The molecule has 1 fully saturated rings. The molecule has 1 aliphatic heterocycles. The fourth-order valence-corrected chi connectivity index (χ4v) is 6.09. The summed E-state index contributed by atoms with van der Waals surface area (Å²) >= 11 is 3.56. The highest BCUT2D eigenvalue weighted by atomic mass is 32.2. The van der Waals surface area contributed by atoms with Crippen molar-refractivity contribution in [1.82, 2.24) is 4.90 Å². The summed E-state index contributed by atoms with van der Waals surface area (Å²) in [5, 5.41) is 4.21. The van der Waals surface area contributed by atoms with E-state index in [1.54, 1.807) is 30.0 Å². The van der Waals surface area contributed by atoms with E-state index in [2.05, 4.69) is 40.7 Å². The van der Waals surface area contributed by atoms with Crippen molar-refractivity contribution in [3.05, 3.63) is 45.8 Å². The van der Waals surface area contributed by atoms with Crippen molar-refractivity contribution in [3.8, 4) is 0 Å². The Bertz CT molecular complexity index is 826. The van der Waals surface area contributed by atoms with Crippen LogP contribution < -0.4 is 5.32 Å². The van der Waals surface area contributed by atoms with Gasteiger partial charge in [-0.15, -0.1) is 23.1 Å². The minimum Gasteiger partial charge on any atom is -0.379 e. The fraction of sp³-hybridized carbons (Fsp3) is 0.500. The molecule has 150 valence electrons. The Hall–Kier alpha value is -1.34. The van der Waals surface area contributed by atoms with E-state index < -0.39 is 0 Å². The number of nitrogens with one attached hydrogen (secondary N) is 1. The highest BCUT2D eigenvalue weighted by molar-refractivity contribution is 7.98. The molecule has 0 saturated carbocycles. The first kappa shape index (κ1) is 20.0. The van der Waals surface area contributed by atoms with Crippen LogP contribution in [0.25, 0.3) is 0 Å². The van der Waals surface area contributed by atoms with Crippen molar-refractivity contribution < 1.29 is 9.53 Å². The van der Waals surface area contributed by atoms with Crippen molar-refractivity contribution in [2.75, 3.05) is 37.9 Å². The summed E-state index contributed by atoms with van der Waals surface area (Å²) in [7, 11) is 0. The molecule has 2 aliphatic rings. The zero-order valence-corrected chi connectivity index (χ0v) is 18.3. The molecule has 0 radical (unpaired) electrons. The molecule has 6 heteroatoms. The van der Waals surface area contributed by atoms with E-state index in [-0.39, 0.29) is 11.9 Å². The van der Waals surface area contributed by atoms with E-state index in [9.17, 15) is 4.79 Å². The van der Waals surface area contributed by atoms with Gasteiger partial charge in [-0.2, -0.15) is 0 Å². The first-order valence-corrected chi connectivity index (χ1v) is 12.1. The lowest BCUT2D eigenvalue weighted by Crippen LogP contribution is -2.40. The van der Waals surface area contributed by atoms with Gasteiger partial charge in [0.2, 0.25) is 5.91 Å². The summed E-state index contributed by atoms with van der Waals surface area (Å²) < 4.78 is 5.63. The Morgan fingerprint density at radius 2 is 1.89 bits per heavy atom. The van der Waals surface area contributed by atoms with Crippen LogP contribution in [0.2, 0.25) is 0 Å². The second-order valence-electron chi connectivity index (χ2n) is 7.46. The first-order valence-electron chi connectivity index (χ1n) is 10.0. The number of aryl methyl sites for hydroxylation is 1. The predicted molar refractivity (Wildman–Crippen MR) is 118 cm³/mol. The molecular formula is C22H28N2O2S2. The van der Waals surface area contributed by atoms with Gasteiger partial charge in [0.25, 0.3) is 0 Å². The minimum atomic E-state index is 0.0123. The molecule has 2 aromatic rings. The van der Waals surface area contributed by atoms with Crippen molar-refractivity contribution in [1.29, 1.82) is 0 Å². The quantitative estimate of drug-likeness (QED) is 0.716. The van der Waals surface area contributed by atoms with Crippen LogP contribution in [0, 0.1) is 0 Å². The number of benzene rings is 1. The number of hydrogen-bond donors (Lipinski definition) is 1. The molecule has 0 spiro atoms. The summed E-state index contributed by atoms with van der Waals surface area (Å²) in [6, 6.07) is 9.11. The molecule has 28 heavy (non-hydrogen) atoms. The van der Waals surface area contributed by atoms with E-state index in [0.29, 0.717) is 0 Å². The Morgan fingerprint density at radius 3 is 2.57 bits per heavy atom. The molecule has 0 unspecified atom stereocenters. The molecule has 0 bridgehead atoms. The average Bonchev–Trinajstić information content (AvgIpc) is 3.07. The number of fused-ring (bicyclic) bond motifs is 1. The lowest BCUT2D eigenvalue weighted by molar-refractivity contribution is -0.114. The lowest BCUT2D eigenvalue weighted by Gasteiger charge is -2.36. The number of thioether (sulfide) groups is 1. The number of carbonyl (C=O) groups is 1. The maximum Gasteiger partial charge on any atom is 0.221 e. The molecular weight excluding hydrogens is 388 g/mol. The average molecular weight is 417 g/mol. The van der Waals surface area contributed by atoms with Crippen molar-refractivity contribution in [3.63, 3.8) is 0 Å². The maximum absolute atomic E-state index is 12.0. The Morgan fingerprint density at radius 1 is 1.18 bits per heavy atom. The highest BCUT2D eigenvalue weighted by Gasteiger charge is 2.32. The number of rotatable bonds is 5. The van der Waals surface area contributed by atoms with Gasteiger partial charge in [0, 0.05) is 35.3 Å². The normalized spacial score (nSPS) is 18.5. The summed E-state index contributed by atoms with van der Waals surface area (Å²) in [6.07, 6.45) is 6.84. The maximum atomic E-state index is 12.0. The number of anilines is 1. The smallest absolute Gasteiger partial charge is 0.221 e. The van der Waals surface area contributed by atoms with Gasteiger partial charge in [0.1, 0.15) is 5.00 Å². The van der Waals surface area contributed by atoms with Crippen LogP contribution >= 0.6 is 23.1 Å². The molecule has 4 nitrogen and oxygen atoms in total. The molecule has 2 heterocycles. The Labute approximate surface area is 175 Å². The van der Waals surface area contributed by atoms with Crippen LogP contribution in [-0.4, -0.2) is 43.4 Å². The minimum absolute atomic E-state index is 0.0123. The summed E-state index contributed by atoms with van der Waals surface area (Å²) in [5.41, 5.74) is 4.11. The third-order valence-corrected chi connectivity index (χ3v) is 7.58. The number of amides is 1. The Kier molecular flexibility index (Phi) is 6.41. The van der Waals surface area contributed by atoms with Gasteiger partial charge in [-0.05, 0) is 55.2 Å². The van der Waals surface area contributed by atoms with Gasteiger partial charge in [-0.1, -0.05) is 12.1 Å². The summed E-state index contributed by atoms with van der Waals surface area (Å²) in [5.74, 6) is 0.0123. The third-order valence-electron chi connectivity index (χ3n) is 5.62. The topological polar surface area (TPSA) is 41.6 Å². The summed E-state index contributed by atoms with van der Waals surface area (Å²) in [6.45, 7) is 4.97. The van der Waals surface area contributed by atoms with E-state index in [1.807, 2.05) is 0 Å². The molecule has 1 atom stereocenters. The number of thiophene rings is 1. The lowest BCUT2D eigenvalue weighted by atomic mass is 9.88. The summed E-state index contributed by atoms with van der Waals surface area (Å²) in [4.78, 5) is 17.2. The van der Waals surface area contributed by atoms with E-state index in [1.165, 1.54) is 39.3 Å². The zero-order chi connectivity index (χ0) is 19.5. The monoisotopic (exact) mass is 416 g/mol. The van der Waals surface area contributed by atoms with E-state index in [4.69, 9.17) is 4.74 Å². The second-order valence-corrected chi connectivity index (χ2v) is 9.44. The van der Waals surface area contributed by atoms with Crippen LogP contribution in [0.15, 0.2) is 29.2 Å².